The van der Waals surface area contributed by atoms with E-state index in [0.717, 1.165) is 5.56 Å². The van der Waals surface area contributed by atoms with Crippen LogP contribution in [0.3, 0.4) is 0 Å². The number of nitrogens with zero attached hydrogens (tertiary/aromatic N) is 3. The maximum absolute atomic E-state index is 11.6. The molecule has 6 nitrogen and oxygen atoms in total. The van der Waals surface area contributed by atoms with E-state index in [1.807, 2.05) is 13.2 Å². The van der Waals surface area contributed by atoms with Gasteiger partial charge in [-0.3, -0.25) is 19.7 Å². The van der Waals surface area contributed by atoms with Crippen LogP contribution in [0.4, 0.5) is 0 Å². The first-order valence-electron chi connectivity index (χ1n) is 5.60. The lowest BCUT2D eigenvalue weighted by atomic mass is 10.2. The van der Waals surface area contributed by atoms with Crippen molar-refractivity contribution in [3.05, 3.63) is 52.7 Å². The zero-order valence-corrected chi connectivity index (χ0v) is 10.0. The van der Waals surface area contributed by atoms with Gasteiger partial charge in [-0.1, -0.05) is 6.07 Å². The first kappa shape index (κ1) is 12.1. The Bertz CT molecular complexity index is 600. The number of hydrogen-bond acceptors (Lipinski definition) is 3. The van der Waals surface area contributed by atoms with E-state index < -0.39 is 0 Å². The molecule has 2 rings (SSSR count). The predicted octanol–water partition coefficient (Wildman–Crippen LogP) is 0.285. The van der Waals surface area contributed by atoms with Crippen molar-refractivity contribution in [2.24, 2.45) is 7.05 Å². The highest BCUT2D eigenvalue weighted by molar-refractivity contribution is 5.83. The monoisotopic (exact) mass is 246 g/mol. The number of rotatable bonds is 4. The molecule has 0 aliphatic carbocycles. The number of amides is 1. The Morgan fingerprint density at radius 3 is 2.94 bits per heavy atom. The SMILES string of the molecule is Cn1cc(CCC(=O)Nn2ccccc2=O)cn1. The summed E-state index contributed by atoms with van der Waals surface area (Å²) in [4.78, 5) is 23.0. The third-order valence-corrected chi connectivity index (χ3v) is 2.47. The third kappa shape index (κ3) is 3.07. The number of nitrogens with one attached hydrogen (secondary N) is 1. The van der Waals surface area contributed by atoms with Gasteiger partial charge in [0.15, 0.2) is 0 Å². The average Bonchev–Trinajstić information content (AvgIpc) is 2.76. The van der Waals surface area contributed by atoms with Crippen LogP contribution in [0.5, 0.6) is 0 Å². The van der Waals surface area contributed by atoms with Crippen LogP contribution < -0.4 is 11.0 Å². The number of hydrogen-bond donors (Lipinski definition) is 1. The number of carbonyl (C=O) groups is 1. The highest BCUT2D eigenvalue weighted by Crippen LogP contribution is 2.00. The first-order chi connectivity index (χ1) is 8.65. The Morgan fingerprint density at radius 1 is 1.44 bits per heavy atom. The quantitative estimate of drug-likeness (QED) is 0.842. The van der Waals surface area contributed by atoms with E-state index in [4.69, 9.17) is 0 Å². The van der Waals surface area contributed by atoms with Gasteiger partial charge >= 0.3 is 0 Å². The van der Waals surface area contributed by atoms with Crippen LogP contribution >= 0.6 is 0 Å². The first-order valence-corrected chi connectivity index (χ1v) is 5.60. The molecule has 6 heteroatoms. The van der Waals surface area contributed by atoms with Crippen molar-refractivity contribution in [1.82, 2.24) is 14.5 Å². The van der Waals surface area contributed by atoms with Crippen molar-refractivity contribution in [1.29, 1.82) is 0 Å². The Morgan fingerprint density at radius 2 is 2.28 bits per heavy atom. The van der Waals surface area contributed by atoms with Crippen molar-refractivity contribution < 1.29 is 4.79 Å². The Balaban J connectivity index is 1.90. The van der Waals surface area contributed by atoms with E-state index in [2.05, 4.69) is 10.5 Å². The van der Waals surface area contributed by atoms with Crippen LogP contribution in [0.1, 0.15) is 12.0 Å². The summed E-state index contributed by atoms with van der Waals surface area (Å²) in [7, 11) is 1.83. The fraction of sp³-hybridized carbons (Fsp3) is 0.250. The summed E-state index contributed by atoms with van der Waals surface area (Å²) in [5.41, 5.74) is 3.26. The van der Waals surface area contributed by atoms with Crippen LogP contribution in [0.15, 0.2) is 41.6 Å². The van der Waals surface area contributed by atoms with E-state index in [0.29, 0.717) is 12.8 Å². The van der Waals surface area contributed by atoms with Gasteiger partial charge in [-0.05, 0) is 18.1 Å². The molecule has 0 saturated heterocycles. The molecular weight excluding hydrogens is 232 g/mol. The molecule has 18 heavy (non-hydrogen) atoms. The molecule has 0 aliphatic rings. The van der Waals surface area contributed by atoms with Crippen LogP contribution in [0.2, 0.25) is 0 Å². The van der Waals surface area contributed by atoms with Gasteiger partial charge in [-0.2, -0.15) is 5.10 Å². The molecule has 0 spiro atoms. The summed E-state index contributed by atoms with van der Waals surface area (Å²) < 4.78 is 2.86. The molecule has 94 valence electrons. The molecule has 0 aromatic carbocycles. The maximum atomic E-state index is 11.6. The van der Waals surface area contributed by atoms with E-state index in [1.54, 1.807) is 23.0 Å². The van der Waals surface area contributed by atoms with E-state index in [1.165, 1.54) is 16.9 Å². The molecule has 0 atom stereocenters. The van der Waals surface area contributed by atoms with Gasteiger partial charge in [0.1, 0.15) is 0 Å². The summed E-state index contributed by atoms with van der Waals surface area (Å²) in [6.07, 6.45) is 6.02. The average molecular weight is 246 g/mol. The van der Waals surface area contributed by atoms with Gasteiger partial charge in [0, 0.05) is 31.9 Å². The second-order valence-electron chi connectivity index (χ2n) is 3.97. The molecule has 0 aliphatic heterocycles. The summed E-state index contributed by atoms with van der Waals surface area (Å²) in [6.45, 7) is 0. The molecule has 1 N–H and O–H groups in total. The van der Waals surface area contributed by atoms with E-state index in [9.17, 15) is 9.59 Å². The lowest BCUT2D eigenvalue weighted by molar-refractivity contribution is -0.117. The lowest BCUT2D eigenvalue weighted by Gasteiger charge is -2.06. The Hall–Kier alpha value is -2.37. The van der Waals surface area contributed by atoms with Crippen molar-refractivity contribution in [3.63, 3.8) is 0 Å². The minimum atomic E-state index is -0.257. The number of aromatic nitrogens is 3. The zero-order chi connectivity index (χ0) is 13.0. The summed E-state index contributed by atoms with van der Waals surface area (Å²) in [5.74, 6) is -0.202. The molecule has 0 fully saturated rings. The normalized spacial score (nSPS) is 10.3. The second-order valence-corrected chi connectivity index (χ2v) is 3.97. The van der Waals surface area contributed by atoms with Crippen molar-refractivity contribution in [3.8, 4) is 0 Å². The van der Waals surface area contributed by atoms with Crippen molar-refractivity contribution in [2.45, 2.75) is 12.8 Å². The minimum Gasteiger partial charge on any atom is -0.276 e. The van der Waals surface area contributed by atoms with Crippen LogP contribution in [0, 0.1) is 0 Å². The van der Waals surface area contributed by atoms with E-state index >= 15 is 0 Å². The molecule has 0 unspecified atom stereocenters. The standard InChI is InChI=1S/C12H14N4O2/c1-15-9-10(8-13-15)5-6-11(17)14-16-7-3-2-4-12(16)18/h2-4,7-9H,5-6H2,1H3,(H,14,17). The zero-order valence-electron chi connectivity index (χ0n) is 10.0. The Labute approximate surface area is 104 Å². The lowest BCUT2D eigenvalue weighted by Crippen LogP contribution is -2.31. The summed E-state index contributed by atoms with van der Waals surface area (Å²) in [5, 5.41) is 4.02. The largest absolute Gasteiger partial charge is 0.276 e. The van der Waals surface area contributed by atoms with Crippen molar-refractivity contribution >= 4 is 5.91 Å². The predicted molar refractivity (Wildman–Crippen MR) is 66.6 cm³/mol. The summed E-state index contributed by atoms with van der Waals surface area (Å²) >= 11 is 0. The number of carbonyl (C=O) groups excluding carboxylic acids is 1. The molecule has 0 saturated carbocycles. The van der Waals surface area contributed by atoms with Gasteiger partial charge in [-0.15, -0.1) is 0 Å². The van der Waals surface area contributed by atoms with Crippen molar-refractivity contribution in [2.75, 3.05) is 5.43 Å². The highest BCUT2D eigenvalue weighted by atomic mass is 16.2. The second kappa shape index (κ2) is 5.31. The summed E-state index contributed by atoms with van der Waals surface area (Å²) in [6, 6.07) is 4.70. The maximum Gasteiger partial charge on any atom is 0.269 e. The smallest absolute Gasteiger partial charge is 0.269 e. The topological polar surface area (TPSA) is 68.9 Å². The number of aryl methyl sites for hydroxylation is 2. The number of pyridine rings is 1. The van der Waals surface area contributed by atoms with E-state index in [-0.39, 0.29) is 11.5 Å². The molecular formula is C12H14N4O2. The van der Waals surface area contributed by atoms with Gasteiger partial charge in [0.2, 0.25) is 5.91 Å². The van der Waals surface area contributed by atoms with Gasteiger partial charge in [0.05, 0.1) is 6.20 Å². The molecule has 0 radical (unpaired) electrons. The molecule has 2 heterocycles. The van der Waals surface area contributed by atoms with Gasteiger partial charge in [0.25, 0.3) is 5.56 Å². The van der Waals surface area contributed by atoms with Crippen LogP contribution in [-0.4, -0.2) is 20.4 Å². The van der Waals surface area contributed by atoms with Gasteiger partial charge < -0.3 is 0 Å². The van der Waals surface area contributed by atoms with Crippen LogP contribution in [-0.2, 0) is 18.3 Å². The molecule has 2 aromatic rings. The van der Waals surface area contributed by atoms with Gasteiger partial charge in [-0.25, -0.2) is 4.68 Å². The fourth-order valence-corrected chi connectivity index (χ4v) is 1.57. The third-order valence-electron chi connectivity index (χ3n) is 2.47. The van der Waals surface area contributed by atoms with Crippen LogP contribution in [0.25, 0.3) is 0 Å². The highest BCUT2D eigenvalue weighted by Gasteiger charge is 2.04. The fourth-order valence-electron chi connectivity index (χ4n) is 1.57. The molecule has 2 aromatic heterocycles. The Kier molecular flexibility index (Phi) is 3.57. The molecule has 1 amide bonds. The molecule has 0 bridgehead atoms. The minimum absolute atomic E-state index is 0.202.